The van der Waals surface area contributed by atoms with Crippen molar-refractivity contribution >= 4 is 11.8 Å². The average molecular weight is 292 g/mol. The molecule has 0 bridgehead atoms. The van der Waals surface area contributed by atoms with Crippen LogP contribution in [0.1, 0.15) is 32.2 Å². The Kier molecular flexibility index (Phi) is 3.05. The second kappa shape index (κ2) is 5.07. The van der Waals surface area contributed by atoms with Crippen molar-refractivity contribution in [3.05, 3.63) is 71.3 Å². The van der Waals surface area contributed by atoms with Gasteiger partial charge in [0.05, 0.1) is 17.2 Å². The third-order valence-electron chi connectivity index (χ3n) is 4.57. The molecule has 22 heavy (non-hydrogen) atoms. The minimum Gasteiger partial charge on any atom is -0.314 e. The van der Waals surface area contributed by atoms with Crippen LogP contribution in [0.3, 0.4) is 0 Å². The largest absolute Gasteiger partial charge is 0.314 e. The minimum absolute atomic E-state index is 0.130. The zero-order valence-electron chi connectivity index (χ0n) is 12.0. The Morgan fingerprint density at radius 2 is 1.41 bits per heavy atom. The fraction of sp³-hybridized carbons (Fsp3) is 0.222. The lowest BCUT2D eigenvalue weighted by molar-refractivity contribution is 0.0584. The molecule has 2 atom stereocenters. The third-order valence-corrected chi connectivity index (χ3v) is 4.57. The maximum Gasteiger partial charge on any atom is 0.261 e. The number of rotatable bonds is 2. The summed E-state index contributed by atoms with van der Waals surface area (Å²) in [4.78, 5) is 26.7. The van der Waals surface area contributed by atoms with Crippen LogP contribution in [0.25, 0.3) is 0 Å². The van der Waals surface area contributed by atoms with Crippen LogP contribution >= 0.6 is 0 Å². The Balaban J connectivity index is 1.71. The molecule has 4 heteroatoms. The van der Waals surface area contributed by atoms with Gasteiger partial charge in [-0.15, -0.1) is 0 Å². The van der Waals surface area contributed by atoms with Crippen LogP contribution < -0.4 is 5.32 Å². The first-order valence-corrected chi connectivity index (χ1v) is 7.50. The van der Waals surface area contributed by atoms with E-state index in [9.17, 15) is 9.59 Å². The van der Waals surface area contributed by atoms with Gasteiger partial charge in [-0.25, -0.2) is 0 Å². The van der Waals surface area contributed by atoms with Gasteiger partial charge in [-0.3, -0.25) is 14.5 Å². The third kappa shape index (κ3) is 1.88. The summed E-state index contributed by atoms with van der Waals surface area (Å²) in [5.74, 6) is -0.200. The van der Waals surface area contributed by atoms with Crippen LogP contribution in [0.2, 0.25) is 0 Å². The number of hydrogen-bond donors (Lipinski definition) is 1. The van der Waals surface area contributed by atoms with Crippen molar-refractivity contribution in [2.45, 2.75) is 12.0 Å². The van der Waals surface area contributed by atoms with E-state index in [1.165, 1.54) is 4.90 Å². The number of benzene rings is 2. The van der Waals surface area contributed by atoms with E-state index in [0.717, 1.165) is 12.1 Å². The predicted molar refractivity (Wildman–Crippen MR) is 82.8 cm³/mol. The monoisotopic (exact) mass is 292 g/mol. The Morgan fingerprint density at radius 1 is 0.818 bits per heavy atom. The van der Waals surface area contributed by atoms with Crippen LogP contribution in [0, 0.1) is 0 Å². The van der Waals surface area contributed by atoms with Gasteiger partial charge < -0.3 is 5.32 Å². The lowest BCUT2D eigenvalue weighted by atomic mass is 9.93. The van der Waals surface area contributed by atoms with Crippen molar-refractivity contribution in [3.8, 4) is 0 Å². The highest BCUT2D eigenvalue weighted by atomic mass is 16.2. The standard InChI is InChI=1S/C18H16N2O2/c21-17-13-8-4-5-9-14(13)18(22)20(17)16-11-19-10-15(16)12-6-2-1-3-7-12/h1-9,15-16,19H,10-11H2. The van der Waals surface area contributed by atoms with E-state index in [4.69, 9.17) is 0 Å². The molecular weight excluding hydrogens is 276 g/mol. The molecule has 0 saturated carbocycles. The van der Waals surface area contributed by atoms with E-state index in [1.807, 2.05) is 18.2 Å². The maximum atomic E-state index is 12.6. The number of hydrogen-bond acceptors (Lipinski definition) is 3. The lowest BCUT2D eigenvalue weighted by Gasteiger charge is -2.27. The van der Waals surface area contributed by atoms with E-state index >= 15 is 0 Å². The molecule has 2 heterocycles. The molecule has 0 spiro atoms. The molecule has 0 aromatic heterocycles. The van der Waals surface area contributed by atoms with Gasteiger partial charge in [0.15, 0.2) is 0 Å². The summed E-state index contributed by atoms with van der Waals surface area (Å²) in [5, 5.41) is 3.32. The molecule has 4 nitrogen and oxygen atoms in total. The molecule has 110 valence electrons. The summed E-state index contributed by atoms with van der Waals surface area (Å²) >= 11 is 0. The number of nitrogens with zero attached hydrogens (tertiary/aromatic N) is 1. The number of amides is 2. The van der Waals surface area contributed by atoms with E-state index in [0.29, 0.717) is 17.7 Å². The van der Waals surface area contributed by atoms with Gasteiger partial charge in [0, 0.05) is 19.0 Å². The molecule has 2 aliphatic heterocycles. The van der Waals surface area contributed by atoms with Gasteiger partial charge in [0.1, 0.15) is 0 Å². The van der Waals surface area contributed by atoms with Crippen LogP contribution in [0.5, 0.6) is 0 Å². The van der Waals surface area contributed by atoms with E-state index in [2.05, 4.69) is 17.4 Å². The van der Waals surface area contributed by atoms with Gasteiger partial charge in [0.25, 0.3) is 11.8 Å². The molecule has 2 aromatic rings. The molecule has 1 N–H and O–H groups in total. The van der Waals surface area contributed by atoms with E-state index in [-0.39, 0.29) is 23.8 Å². The highest BCUT2D eigenvalue weighted by Crippen LogP contribution is 2.32. The molecule has 2 unspecified atom stereocenters. The Hall–Kier alpha value is -2.46. The van der Waals surface area contributed by atoms with Gasteiger partial charge >= 0.3 is 0 Å². The summed E-state index contributed by atoms with van der Waals surface area (Å²) in [5.41, 5.74) is 2.20. The SMILES string of the molecule is O=C1c2ccccc2C(=O)N1C1CNCC1c1ccccc1. The fourth-order valence-corrected chi connectivity index (χ4v) is 3.49. The summed E-state index contributed by atoms with van der Waals surface area (Å²) in [7, 11) is 0. The zero-order valence-corrected chi connectivity index (χ0v) is 12.0. The summed E-state index contributed by atoms with van der Waals surface area (Å²) < 4.78 is 0. The van der Waals surface area contributed by atoms with Crippen molar-refractivity contribution in [1.82, 2.24) is 10.2 Å². The summed E-state index contributed by atoms with van der Waals surface area (Å²) in [6, 6.07) is 17.0. The number of carbonyl (C=O) groups excluding carboxylic acids is 2. The average Bonchev–Trinajstić information content (AvgIpc) is 3.13. The first kappa shape index (κ1) is 13.2. The van der Waals surface area contributed by atoms with Gasteiger partial charge in [0.2, 0.25) is 0 Å². The zero-order chi connectivity index (χ0) is 15.1. The van der Waals surface area contributed by atoms with Crippen LogP contribution in [-0.2, 0) is 0 Å². The summed E-state index contributed by atoms with van der Waals surface area (Å²) in [6.45, 7) is 1.42. The van der Waals surface area contributed by atoms with Crippen molar-refractivity contribution in [2.75, 3.05) is 13.1 Å². The topological polar surface area (TPSA) is 49.4 Å². The smallest absolute Gasteiger partial charge is 0.261 e. The highest BCUT2D eigenvalue weighted by molar-refractivity contribution is 6.21. The lowest BCUT2D eigenvalue weighted by Crippen LogP contribution is -2.43. The number of imide groups is 1. The first-order valence-electron chi connectivity index (χ1n) is 7.50. The van der Waals surface area contributed by atoms with Gasteiger partial charge in [-0.1, -0.05) is 42.5 Å². The first-order chi connectivity index (χ1) is 10.8. The molecule has 2 aliphatic rings. The Labute approximate surface area is 128 Å². The van der Waals surface area contributed by atoms with Crippen molar-refractivity contribution < 1.29 is 9.59 Å². The molecular formula is C18H16N2O2. The molecule has 2 amide bonds. The summed E-state index contributed by atoms with van der Waals surface area (Å²) in [6.07, 6.45) is 0. The molecule has 1 saturated heterocycles. The van der Waals surface area contributed by atoms with Crippen molar-refractivity contribution in [1.29, 1.82) is 0 Å². The highest BCUT2D eigenvalue weighted by Gasteiger charge is 2.44. The normalized spacial score (nSPS) is 23.9. The van der Waals surface area contributed by atoms with Crippen LogP contribution in [0.4, 0.5) is 0 Å². The number of nitrogens with one attached hydrogen (secondary N) is 1. The molecule has 2 aromatic carbocycles. The fourth-order valence-electron chi connectivity index (χ4n) is 3.49. The van der Waals surface area contributed by atoms with E-state index in [1.54, 1.807) is 24.3 Å². The Bertz CT molecular complexity index is 707. The van der Waals surface area contributed by atoms with Crippen LogP contribution in [-0.4, -0.2) is 35.8 Å². The predicted octanol–water partition coefficient (Wildman–Crippen LogP) is 2.04. The molecule has 0 aliphatic carbocycles. The van der Waals surface area contributed by atoms with Crippen LogP contribution in [0.15, 0.2) is 54.6 Å². The second-order valence-electron chi connectivity index (χ2n) is 5.77. The molecule has 0 radical (unpaired) electrons. The maximum absolute atomic E-state index is 12.6. The van der Waals surface area contributed by atoms with Gasteiger partial charge in [-0.2, -0.15) is 0 Å². The number of carbonyl (C=O) groups is 2. The second-order valence-corrected chi connectivity index (χ2v) is 5.77. The molecule has 1 fully saturated rings. The minimum atomic E-state index is -0.171. The van der Waals surface area contributed by atoms with Gasteiger partial charge in [-0.05, 0) is 17.7 Å². The van der Waals surface area contributed by atoms with Crippen molar-refractivity contribution in [3.63, 3.8) is 0 Å². The van der Waals surface area contributed by atoms with E-state index < -0.39 is 0 Å². The Morgan fingerprint density at radius 3 is 2.05 bits per heavy atom. The molecule has 4 rings (SSSR count). The van der Waals surface area contributed by atoms with Crippen molar-refractivity contribution in [2.24, 2.45) is 0 Å². The number of fused-ring (bicyclic) bond motifs is 1. The quantitative estimate of drug-likeness (QED) is 0.862.